The smallest absolute Gasteiger partial charge is 0.223 e. The molecule has 2 aliphatic rings. The number of benzene rings is 1. The molecule has 7 heteroatoms. The van der Waals surface area contributed by atoms with Crippen LogP contribution < -0.4 is 10.1 Å². The molecule has 0 spiro atoms. The summed E-state index contributed by atoms with van der Waals surface area (Å²) < 4.78 is 7.78. The van der Waals surface area contributed by atoms with Gasteiger partial charge in [-0.3, -0.25) is 9.69 Å². The second kappa shape index (κ2) is 8.31. The second-order valence-electron chi connectivity index (χ2n) is 7.78. The Morgan fingerprint density at radius 1 is 1.25 bits per heavy atom. The lowest BCUT2D eigenvalue weighted by atomic mass is 10.1. The zero-order valence-corrected chi connectivity index (χ0v) is 16.8. The van der Waals surface area contributed by atoms with Crippen LogP contribution in [0.2, 0.25) is 0 Å². The van der Waals surface area contributed by atoms with Gasteiger partial charge in [0.1, 0.15) is 11.6 Å². The van der Waals surface area contributed by atoms with Crippen LogP contribution in [0, 0.1) is 5.92 Å². The van der Waals surface area contributed by atoms with Crippen molar-refractivity contribution in [2.75, 3.05) is 19.7 Å². The van der Waals surface area contributed by atoms with Gasteiger partial charge in [0.25, 0.3) is 0 Å². The highest BCUT2D eigenvalue weighted by molar-refractivity contribution is 5.78. The summed E-state index contributed by atoms with van der Waals surface area (Å²) in [5.74, 6) is 3.01. The number of rotatable bonds is 6. The van der Waals surface area contributed by atoms with Crippen molar-refractivity contribution >= 4 is 5.91 Å². The van der Waals surface area contributed by atoms with Crippen LogP contribution in [-0.2, 0) is 37.3 Å². The maximum absolute atomic E-state index is 12.1. The van der Waals surface area contributed by atoms with Crippen molar-refractivity contribution in [2.45, 2.75) is 52.7 Å². The minimum atomic E-state index is 0.0275. The van der Waals surface area contributed by atoms with Crippen LogP contribution in [-0.4, -0.2) is 45.3 Å². The third kappa shape index (κ3) is 4.04. The van der Waals surface area contributed by atoms with Gasteiger partial charge in [0.2, 0.25) is 5.91 Å². The lowest BCUT2D eigenvalue weighted by Crippen LogP contribution is -2.30. The highest BCUT2D eigenvalue weighted by atomic mass is 16.5. The summed E-state index contributed by atoms with van der Waals surface area (Å²) >= 11 is 0. The normalized spacial score (nSPS) is 17.4. The van der Waals surface area contributed by atoms with Gasteiger partial charge in [0, 0.05) is 44.9 Å². The number of nitrogens with one attached hydrogen (secondary N) is 1. The van der Waals surface area contributed by atoms with E-state index in [4.69, 9.17) is 4.74 Å². The Balaban J connectivity index is 1.36. The predicted molar refractivity (Wildman–Crippen MR) is 106 cm³/mol. The van der Waals surface area contributed by atoms with E-state index in [9.17, 15) is 4.79 Å². The zero-order valence-electron chi connectivity index (χ0n) is 16.8. The first-order chi connectivity index (χ1) is 13.6. The molecule has 4 rings (SSSR count). The van der Waals surface area contributed by atoms with Gasteiger partial charge in [-0.05, 0) is 23.6 Å². The summed E-state index contributed by atoms with van der Waals surface area (Å²) in [5.41, 5.74) is 2.66. The zero-order chi connectivity index (χ0) is 19.5. The fourth-order valence-corrected chi connectivity index (χ4v) is 3.84. The molecule has 2 aliphatic heterocycles. The number of hydrogen-bond donors (Lipinski definition) is 1. The van der Waals surface area contributed by atoms with Crippen molar-refractivity contribution in [3.63, 3.8) is 0 Å². The van der Waals surface area contributed by atoms with E-state index in [1.54, 1.807) is 0 Å². The summed E-state index contributed by atoms with van der Waals surface area (Å²) in [6.45, 7) is 8.92. The topological polar surface area (TPSA) is 72.3 Å². The van der Waals surface area contributed by atoms with E-state index in [0.29, 0.717) is 6.54 Å². The van der Waals surface area contributed by atoms with Gasteiger partial charge in [0.05, 0.1) is 13.2 Å². The number of amides is 1. The van der Waals surface area contributed by atoms with Gasteiger partial charge in [-0.15, -0.1) is 10.2 Å². The highest BCUT2D eigenvalue weighted by Gasteiger charge is 2.20. The molecule has 1 aromatic carbocycles. The van der Waals surface area contributed by atoms with E-state index in [1.807, 2.05) is 13.8 Å². The van der Waals surface area contributed by atoms with E-state index in [1.165, 1.54) is 11.1 Å². The van der Waals surface area contributed by atoms with E-state index < -0.39 is 0 Å². The Bertz CT molecular complexity index is 847. The van der Waals surface area contributed by atoms with Gasteiger partial charge in [0.15, 0.2) is 5.82 Å². The van der Waals surface area contributed by atoms with Gasteiger partial charge in [-0.1, -0.05) is 26.0 Å². The first-order valence-electron chi connectivity index (χ1n) is 10.3. The minimum absolute atomic E-state index is 0.0275. The molecular weight excluding hydrogens is 354 g/mol. The molecule has 0 aliphatic carbocycles. The van der Waals surface area contributed by atoms with Gasteiger partial charge >= 0.3 is 0 Å². The number of carbonyl (C=O) groups is 1. The molecule has 1 amide bonds. The Hall–Kier alpha value is -2.41. The molecule has 0 saturated heterocycles. The molecule has 0 saturated carbocycles. The predicted octanol–water partition coefficient (Wildman–Crippen LogP) is 1.93. The van der Waals surface area contributed by atoms with Crippen molar-refractivity contribution in [1.82, 2.24) is 25.0 Å². The number of aromatic nitrogens is 3. The number of carbonyl (C=O) groups excluding carboxylic acids is 1. The molecule has 0 bridgehead atoms. The standard InChI is InChI=1S/C21H29N5O2/c1-3-15(2)21(27)22-13-20-24-23-19-6-8-25(9-10-26(19)20)14-16-4-5-18-17(12-16)7-11-28-18/h4-5,12,15H,3,6-11,13-14H2,1-2H3,(H,22,27). The van der Waals surface area contributed by atoms with E-state index in [-0.39, 0.29) is 11.8 Å². The molecule has 7 nitrogen and oxygen atoms in total. The number of ether oxygens (including phenoxy) is 1. The Morgan fingerprint density at radius 3 is 3.00 bits per heavy atom. The molecule has 3 heterocycles. The van der Waals surface area contributed by atoms with Crippen LogP contribution in [0.3, 0.4) is 0 Å². The summed E-state index contributed by atoms with van der Waals surface area (Å²) in [6, 6.07) is 6.55. The Morgan fingerprint density at radius 2 is 2.14 bits per heavy atom. The largest absolute Gasteiger partial charge is 0.493 e. The fraction of sp³-hybridized carbons (Fsp3) is 0.571. The molecule has 0 radical (unpaired) electrons. The van der Waals surface area contributed by atoms with Crippen molar-refractivity contribution in [1.29, 1.82) is 0 Å². The third-order valence-electron chi connectivity index (χ3n) is 5.84. The molecule has 1 unspecified atom stereocenters. The van der Waals surface area contributed by atoms with Gasteiger partial charge in [-0.2, -0.15) is 0 Å². The Labute approximate surface area is 166 Å². The van der Waals surface area contributed by atoms with Gasteiger partial charge < -0.3 is 14.6 Å². The second-order valence-corrected chi connectivity index (χ2v) is 7.78. The first-order valence-corrected chi connectivity index (χ1v) is 10.3. The van der Waals surface area contributed by atoms with Crippen molar-refractivity contribution < 1.29 is 9.53 Å². The number of hydrogen-bond acceptors (Lipinski definition) is 5. The molecule has 2 aromatic rings. The maximum Gasteiger partial charge on any atom is 0.223 e. The van der Waals surface area contributed by atoms with Crippen LogP contribution in [0.4, 0.5) is 0 Å². The van der Waals surface area contributed by atoms with Crippen molar-refractivity contribution in [2.24, 2.45) is 5.92 Å². The van der Waals surface area contributed by atoms with E-state index >= 15 is 0 Å². The SMILES string of the molecule is CCC(C)C(=O)NCc1nnc2n1CCN(Cc1ccc3c(c1)CCO3)CC2. The highest BCUT2D eigenvalue weighted by Crippen LogP contribution is 2.26. The lowest BCUT2D eigenvalue weighted by Gasteiger charge is -2.20. The number of nitrogens with zero attached hydrogens (tertiary/aromatic N) is 4. The quantitative estimate of drug-likeness (QED) is 0.825. The third-order valence-corrected chi connectivity index (χ3v) is 5.84. The lowest BCUT2D eigenvalue weighted by molar-refractivity contribution is -0.124. The molecule has 0 fully saturated rings. The average molecular weight is 383 g/mol. The van der Waals surface area contributed by atoms with Crippen LogP contribution in [0.15, 0.2) is 18.2 Å². The Kier molecular flexibility index (Phi) is 5.62. The van der Waals surface area contributed by atoms with Crippen molar-refractivity contribution in [3.8, 4) is 5.75 Å². The summed E-state index contributed by atoms with van der Waals surface area (Å²) in [6.07, 6.45) is 2.73. The molecule has 150 valence electrons. The summed E-state index contributed by atoms with van der Waals surface area (Å²) in [4.78, 5) is 14.5. The fourth-order valence-electron chi connectivity index (χ4n) is 3.84. The van der Waals surface area contributed by atoms with Crippen molar-refractivity contribution in [3.05, 3.63) is 41.0 Å². The average Bonchev–Trinajstić information content (AvgIpc) is 3.28. The first kappa shape index (κ1) is 18.9. The maximum atomic E-state index is 12.1. The van der Waals surface area contributed by atoms with Crippen LogP contribution in [0.25, 0.3) is 0 Å². The number of fused-ring (bicyclic) bond motifs is 2. The van der Waals surface area contributed by atoms with Crippen LogP contribution >= 0.6 is 0 Å². The molecule has 28 heavy (non-hydrogen) atoms. The monoisotopic (exact) mass is 383 g/mol. The molecule has 1 aromatic heterocycles. The van der Waals surface area contributed by atoms with Gasteiger partial charge in [-0.25, -0.2) is 0 Å². The summed E-state index contributed by atoms with van der Waals surface area (Å²) in [7, 11) is 0. The minimum Gasteiger partial charge on any atom is -0.493 e. The molecule has 1 N–H and O–H groups in total. The van der Waals surface area contributed by atoms with E-state index in [2.05, 4.69) is 43.2 Å². The molecular formula is C21H29N5O2. The van der Waals surface area contributed by atoms with E-state index in [0.717, 1.165) is 69.4 Å². The van der Waals surface area contributed by atoms with Crippen LogP contribution in [0.5, 0.6) is 5.75 Å². The van der Waals surface area contributed by atoms with Crippen LogP contribution in [0.1, 0.15) is 43.0 Å². The molecule has 1 atom stereocenters. The summed E-state index contributed by atoms with van der Waals surface area (Å²) in [5, 5.41) is 11.7.